The lowest BCUT2D eigenvalue weighted by molar-refractivity contribution is -0.117. The van der Waals surface area contributed by atoms with Gasteiger partial charge in [-0.25, -0.2) is 4.98 Å². The monoisotopic (exact) mass is 305 g/mol. The van der Waals surface area contributed by atoms with E-state index < -0.39 is 6.04 Å². The van der Waals surface area contributed by atoms with Gasteiger partial charge in [0.05, 0.1) is 17.9 Å². The molecule has 6 heteroatoms. The van der Waals surface area contributed by atoms with Gasteiger partial charge in [0, 0.05) is 0 Å². The highest BCUT2D eigenvalue weighted by Gasteiger charge is 2.14. The number of hydrogen-bond acceptors (Lipinski definition) is 4. The van der Waals surface area contributed by atoms with Crippen LogP contribution in [0.4, 0.5) is 5.69 Å². The molecule has 0 bridgehead atoms. The van der Waals surface area contributed by atoms with Crippen LogP contribution in [0.3, 0.4) is 0 Å². The molecule has 1 atom stereocenters. The second kappa shape index (κ2) is 6.56. The van der Waals surface area contributed by atoms with Gasteiger partial charge in [-0.3, -0.25) is 4.79 Å². The fraction of sp³-hybridized carbons (Fsp3) is 0.200. The van der Waals surface area contributed by atoms with Crippen molar-refractivity contribution in [3.05, 3.63) is 52.8 Å². The van der Waals surface area contributed by atoms with Crippen LogP contribution in [0.5, 0.6) is 5.75 Å². The van der Waals surface area contributed by atoms with Gasteiger partial charge in [0.15, 0.2) is 0 Å². The number of aromatic hydroxyl groups is 1. The Morgan fingerprint density at radius 1 is 1.43 bits per heavy atom. The maximum absolute atomic E-state index is 12.0. The van der Waals surface area contributed by atoms with Crippen molar-refractivity contribution in [3.63, 3.8) is 0 Å². The van der Waals surface area contributed by atoms with Crippen LogP contribution < -0.4 is 11.1 Å². The Bertz CT molecular complexity index is 644. The Morgan fingerprint density at radius 2 is 2.10 bits per heavy atom. The van der Waals surface area contributed by atoms with E-state index in [0.717, 1.165) is 11.1 Å². The number of phenolic OH excluding ortho intramolecular Hbond substituents is 1. The second-order valence-corrected chi connectivity index (χ2v) is 5.16. The summed E-state index contributed by atoms with van der Waals surface area (Å²) >= 11 is 5.83. The summed E-state index contributed by atoms with van der Waals surface area (Å²) in [7, 11) is 0. The van der Waals surface area contributed by atoms with Crippen molar-refractivity contribution in [2.45, 2.75) is 19.4 Å². The minimum atomic E-state index is -0.689. The predicted octanol–water partition coefficient (Wildman–Crippen LogP) is 2.26. The number of carbonyl (C=O) groups is 1. The first-order valence-corrected chi connectivity index (χ1v) is 6.80. The number of nitrogens with zero attached hydrogens (tertiary/aromatic N) is 1. The predicted molar refractivity (Wildman–Crippen MR) is 82.4 cm³/mol. The number of nitrogens with one attached hydrogen (secondary N) is 1. The molecular formula is C15H16ClN3O2. The first kappa shape index (κ1) is 15.3. The minimum absolute atomic E-state index is 0.180. The van der Waals surface area contributed by atoms with Crippen LogP contribution in [-0.2, 0) is 11.2 Å². The van der Waals surface area contributed by atoms with Crippen LogP contribution in [0.2, 0.25) is 5.15 Å². The number of carbonyl (C=O) groups excluding carboxylic acids is 1. The third-order valence-electron chi connectivity index (χ3n) is 3.01. The number of phenols is 1. The van der Waals surface area contributed by atoms with E-state index in [9.17, 15) is 9.90 Å². The van der Waals surface area contributed by atoms with Crippen LogP contribution >= 0.6 is 11.6 Å². The lowest BCUT2D eigenvalue weighted by Gasteiger charge is -2.13. The van der Waals surface area contributed by atoms with E-state index in [1.165, 1.54) is 6.20 Å². The van der Waals surface area contributed by atoms with Gasteiger partial charge in [-0.05, 0) is 42.7 Å². The Labute approximate surface area is 127 Å². The number of hydrogen-bond donors (Lipinski definition) is 3. The van der Waals surface area contributed by atoms with E-state index in [4.69, 9.17) is 17.3 Å². The van der Waals surface area contributed by atoms with Crippen molar-refractivity contribution in [2.24, 2.45) is 5.73 Å². The lowest BCUT2D eigenvalue weighted by atomic mass is 10.1. The van der Waals surface area contributed by atoms with Gasteiger partial charge in [-0.15, -0.1) is 0 Å². The first-order valence-electron chi connectivity index (χ1n) is 6.42. The summed E-state index contributed by atoms with van der Waals surface area (Å²) in [6, 6.07) is 7.64. The van der Waals surface area contributed by atoms with E-state index >= 15 is 0 Å². The van der Waals surface area contributed by atoms with Crippen molar-refractivity contribution in [1.82, 2.24) is 4.98 Å². The van der Waals surface area contributed by atoms with E-state index in [-0.39, 0.29) is 11.7 Å². The minimum Gasteiger partial charge on any atom is -0.508 e. The summed E-state index contributed by atoms with van der Waals surface area (Å²) in [5.74, 6) is -0.119. The Hall–Kier alpha value is -2.11. The van der Waals surface area contributed by atoms with Gasteiger partial charge in [0.2, 0.25) is 5.91 Å². The summed E-state index contributed by atoms with van der Waals surface area (Å²) in [5, 5.41) is 12.3. The molecule has 1 aromatic carbocycles. The number of amides is 1. The Balaban J connectivity index is 1.98. The van der Waals surface area contributed by atoms with Gasteiger partial charge in [-0.2, -0.15) is 0 Å². The summed E-state index contributed by atoms with van der Waals surface area (Å²) < 4.78 is 0. The molecule has 0 saturated heterocycles. The molecule has 1 aromatic heterocycles. The van der Waals surface area contributed by atoms with Crippen LogP contribution in [0.1, 0.15) is 11.1 Å². The lowest BCUT2D eigenvalue weighted by Crippen LogP contribution is -2.37. The third-order valence-corrected chi connectivity index (χ3v) is 3.41. The molecule has 4 N–H and O–H groups in total. The van der Waals surface area contributed by atoms with E-state index in [1.54, 1.807) is 37.3 Å². The summed E-state index contributed by atoms with van der Waals surface area (Å²) in [6.07, 6.45) is 1.87. The molecule has 1 amide bonds. The second-order valence-electron chi connectivity index (χ2n) is 4.80. The number of aryl methyl sites for hydroxylation is 1. The third kappa shape index (κ3) is 4.18. The summed E-state index contributed by atoms with van der Waals surface area (Å²) in [5.41, 5.74) is 8.10. The van der Waals surface area contributed by atoms with Crippen molar-refractivity contribution >= 4 is 23.2 Å². The first-order chi connectivity index (χ1) is 9.95. The molecule has 0 saturated carbocycles. The number of pyridine rings is 1. The number of anilines is 1. The largest absolute Gasteiger partial charge is 0.508 e. The number of benzene rings is 1. The van der Waals surface area contributed by atoms with Crippen LogP contribution in [0.15, 0.2) is 36.5 Å². The fourth-order valence-electron chi connectivity index (χ4n) is 1.84. The average Bonchev–Trinajstić information content (AvgIpc) is 2.45. The van der Waals surface area contributed by atoms with Crippen molar-refractivity contribution in [2.75, 3.05) is 5.32 Å². The zero-order chi connectivity index (χ0) is 15.4. The normalized spacial score (nSPS) is 12.0. The molecule has 0 fully saturated rings. The zero-order valence-electron chi connectivity index (χ0n) is 11.5. The average molecular weight is 306 g/mol. The van der Waals surface area contributed by atoms with E-state index in [2.05, 4.69) is 10.3 Å². The van der Waals surface area contributed by atoms with Crippen molar-refractivity contribution in [3.8, 4) is 5.75 Å². The zero-order valence-corrected chi connectivity index (χ0v) is 12.3. The topological polar surface area (TPSA) is 88.2 Å². The number of rotatable bonds is 4. The summed E-state index contributed by atoms with van der Waals surface area (Å²) in [6.45, 7) is 1.81. The molecular weight excluding hydrogens is 290 g/mol. The molecule has 0 aliphatic heterocycles. The highest BCUT2D eigenvalue weighted by Crippen LogP contribution is 2.16. The maximum Gasteiger partial charge on any atom is 0.241 e. The van der Waals surface area contributed by atoms with Crippen molar-refractivity contribution in [1.29, 1.82) is 0 Å². The number of nitrogens with two attached hydrogens (primary N) is 1. The van der Waals surface area contributed by atoms with Gasteiger partial charge in [-0.1, -0.05) is 23.7 Å². The molecule has 0 aliphatic rings. The molecule has 0 aliphatic carbocycles. The number of aromatic nitrogens is 1. The Kier molecular flexibility index (Phi) is 4.77. The summed E-state index contributed by atoms with van der Waals surface area (Å²) in [4.78, 5) is 16.0. The van der Waals surface area contributed by atoms with E-state index in [0.29, 0.717) is 17.3 Å². The molecule has 21 heavy (non-hydrogen) atoms. The molecule has 1 unspecified atom stereocenters. The molecule has 1 heterocycles. The molecule has 2 aromatic rings. The number of halogens is 1. The smallest absolute Gasteiger partial charge is 0.241 e. The quantitative estimate of drug-likeness (QED) is 0.756. The van der Waals surface area contributed by atoms with Crippen LogP contribution in [-0.4, -0.2) is 22.0 Å². The Morgan fingerprint density at radius 3 is 2.71 bits per heavy atom. The molecule has 110 valence electrons. The standard InChI is InChI=1S/C15H16ClN3O2/c1-9-6-11(8-18-14(9)16)19-15(21)13(17)7-10-2-4-12(20)5-3-10/h2-6,8,13,20H,7,17H2,1H3,(H,19,21). The molecule has 0 spiro atoms. The van der Waals surface area contributed by atoms with Gasteiger partial charge in [0.25, 0.3) is 0 Å². The molecule has 5 nitrogen and oxygen atoms in total. The highest BCUT2D eigenvalue weighted by atomic mass is 35.5. The van der Waals surface area contributed by atoms with Crippen molar-refractivity contribution < 1.29 is 9.90 Å². The molecule has 0 radical (unpaired) electrons. The van der Waals surface area contributed by atoms with E-state index in [1.807, 2.05) is 0 Å². The van der Waals surface area contributed by atoms with Gasteiger partial charge in [0.1, 0.15) is 10.9 Å². The maximum atomic E-state index is 12.0. The van der Waals surface area contributed by atoms with Gasteiger partial charge < -0.3 is 16.2 Å². The van der Waals surface area contributed by atoms with Crippen LogP contribution in [0.25, 0.3) is 0 Å². The van der Waals surface area contributed by atoms with Crippen LogP contribution in [0, 0.1) is 6.92 Å². The SMILES string of the molecule is Cc1cc(NC(=O)C(N)Cc2ccc(O)cc2)cnc1Cl. The fourth-order valence-corrected chi connectivity index (χ4v) is 1.94. The molecule has 2 rings (SSSR count). The highest BCUT2D eigenvalue weighted by molar-refractivity contribution is 6.30. The van der Waals surface area contributed by atoms with Gasteiger partial charge >= 0.3 is 0 Å².